The molecule has 0 saturated heterocycles. The molecule has 0 aliphatic heterocycles. The minimum Gasteiger partial charge on any atom is -0.467 e. The zero-order valence-corrected chi connectivity index (χ0v) is 19.3. The summed E-state index contributed by atoms with van der Waals surface area (Å²) in [6.45, 7) is 2.81. The lowest BCUT2D eigenvalue weighted by atomic mass is 9.89. The molecular formula is C22H28BrNO6. The predicted octanol–water partition coefficient (Wildman–Crippen LogP) is 3.95. The quantitative estimate of drug-likeness (QED) is 0.365. The number of carbonyl (C=O) groups is 1. The van der Waals surface area contributed by atoms with E-state index in [2.05, 4.69) is 21.2 Å². The topological polar surface area (TPSA) is 75.3 Å². The molecule has 0 aliphatic carbocycles. The van der Waals surface area contributed by atoms with Gasteiger partial charge in [-0.1, -0.05) is 30.3 Å². The standard InChI is InChI=1S/C22H28BrNO6/c1-15(22(25)24-10-11-26-2)19-20(16-8-6-5-7-9-16)17(29-13-27-3)12-18(21(19)23)30-14-28-4/h5-9,12,15H,10-11,13-14H2,1-4H3,(H,24,25). The second kappa shape index (κ2) is 12.5. The second-order valence-corrected chi connectivity index (χ2v) is 7.24. The molecule has 0 fully saturated rings. The number of ether oxygens (including phenoxy) is 5. The third kappa shape index (κ3) is 6.18. The molecule has 0 heterocycles. The van der Waals surface area contributed by atoms with Gasteiger partial charge in [0.15, 0.2) is 13.6 Å². The third-order valence-electron chi connectivity index (χ3n) is 4.39. The van der Waals surface area contributed by atoms with Crippen molar-refractivity contribution in [2.75, 3.05) is 48.1 Å². The van der Waals surface area contributed by atoms with Crippen LogP contribution in [-0.4, -0.2) is 54.0 Å². The Hall–Kier alpha value is -2.13. The monoisotopic (exact) mass is 481 g/mol. The van der Waals surface area contributed by atoms with E-state index in [0.717, 1.165) is 16.7 Å². The summed E-state index contributed by atoms with van der Waals surface area (Å²) in [5, 5.41) is 2.90. The maximum atomic E-state index is 12.9. The van der Waals surface area contributed by atoms with Crippen molar-refractivity contribution in [3.8, 4) is 22.6 Å². The van der Waals surface area contributed by atoms with Gasteiger partial charge < -0.3 is 29.0 Å². The highest BCUT2D eigenvalue weighted by Gasteiger charge is 2.27. The Kier molecular flexibility index (Phi) is 10.1. The first-order valence-electron chi connectivity index (χ1n) is 9.47. The number of carbonyl (C=O) groups excluding carboxylic acids is 1. The molecule has 7 nitrogen and oxygen atoms in total. The second-order valence-electron chi connectivity index (χ2n) is 6.45. The molecular weight excluding hydrogens is 454 g/mol. The Morgan fingerprint density at radius 1 is 1.00 bits per heavy atom. The van der Waals surface area contributed by atoms with Crippen LogP contribution in [0.2, 0.25) is 0 Å². The smallest absolute Gasteiger partial charge is 0.227 e. The molecule has 8 heteroatoms. The molecule has 0 spiro atoms. The number of rotatable bonds is 12. The van der Waals surface area contributed by atoms with Crippen LogP contribution in [0.15, 0.2) is 40.9 Å². The van der Waals surface area contributed by atoms with E-state index in [1.807, 2.05) is 37.3 Å². The van der Waals surface area contributed by atoms with Gasteiger partial charge in [-0.25, -0.2) is 0 Å². The number of hydrogen-bond acceptors (Lipinski definition) is 6. The van der Waals surface area contributed by atoms with Crippen molar-refractivity contribution in [3.05, 3.63) is 46.4 Å². The van der Waals surface area contributed by atoms with Gasteiger partial charge in [-0.15, -0.1) is 0 Å². The fourth-order valence-electron chi connectivity index (χ4n) is 2.96. The van der Waals surface area contributed by atoms with Crippen molar-refractivity contribution in [1.82, 2.24) is 5.32 Å². The minimum absolute atomic E-state index is 0.0546. The summed E-state index contributed by atoms with van der Waals surface area (Å²) in [7, 11) is 4.69. The molecule has 0 saturated carbocycles. The van der Waals surface area contributed by atoms with Crippen molar-refractivity contribution in [1.29, 1.82) is 0 Å². The Labute approximate surface area is 185 Å². The van der Waals surface area contributed by atoms with Gasteiger partial charge in [0, 0.05) is 39.5 Å². The Bertz CT molecular complexity index is 815. The summed E-state index contributed by atoms with van der Waals surface area (Å²) < 4.78 is 27.4. The highest BCUT2D eigenvalue weighted by molar-refractivity contribution is 9.10. The normalized spacial score (nSPS) is 11.8. The fourth-order valence-corrected chi connectivity index (χ4v) is 3.73. The largest absolute Gasteiger partial charge is 0.467 e. The van der Waals surface area contributed by atoms with Gasteiger partial charge in [0.2, 0.25) is 5.91 Å². The lowest BCUT2D eigenvalue weighted by Crippen LogP contribution is -2.31. The summed E-state index contributed by atoms with van der Waals surface area (Å²) in [6.07, 6.45) is 0. The van der Waals surface area contributed by atoms with Crippen molar-refractivity contribution >= 4 is 21.8 Å². The van der Waals surface area contributed by atoms with Crippen molar-refractivity contribution < 1.29 is 28.5 Å². The lowest BCUT2D eigenvalue weighted by Gasteiger charge is -2.23. The van der Waals surface area contributed by atoms with E-state index in [1.54, 1.807) is 27.4 Å². The summed E-state index contributed by atoms with van der Waals surface area (Å²) in [4.78, 5) is 12.9. The molecule has 1 N–H and O–H groups in total. The summed E-state index contributed by atoms with van der Waals surface area (Å²) in [5.41, 5.74) is 2.45. The predicted molar refractivity (Wildman–Crippen MR) is 118 cm³/mol. The zero-order chi connectivity index (χ0) is 21.9. The highest BCUT2D eigenvalue weighted by Crippen LogP contribution is 2.46. The van der Waals surface area contributed by atoms with Crippen LogP contribution < -0.4 is 14.8 Å². The van der Waals surface area contributed by atoms with Crippen LogP contribution in [0.4, 0.5) is 0 Å². The number of benzene rings is 2. The number of hydrogen-bond donors (Lipinski definition) is 1. The van der Waals surface area contributed by atoms with Gasteiger partial charge in [-0.2, -0.15) is 0 Å². The van der Waals surface area contributed by atoms with E-state index in [4.69, 9.17) is 23.7 Å². The first-order valence-corrected chi connectivity index (χ1v) is 10.3. The molecule has 1 unspecified atom stereocenters. The third-order valence-corrected chi connectivity index (χ3v) is 5.21. The molecule has 0 aliphatic rings. The lowest BCUT2D eigenvalue weighted by molar-refractivity contribution is -0.122. The average Bonchev–Trinajstić information content (AvgIpc) is 2.77. The van der Waals surface area contributed by atoms with E-state index in [0.29, 0.717) is 29.1 Å². The molecule has 30 heavy (non-hydrogen) atoms. The van der Waals surface area contributed by atoms with Crippen molar-refractivity contribution in [2.24, 2.45) is 0 Å². The molecule has 2 aromatic rings. The van der Waals surface area contributed by atoms with Crippen LogP contribution in [0.3, 0.4) is 0 Å². The van der Waals surface area contributed by atoms with Gasteiger partial charge in [-0.3, -0.25) is 4.79 Å². The summed E-state index contributed by atoms with van der Waals surface area (Å²) in [5.74, 6) is 0.423. The van der Waals surface area contributed by atoms with E-state index < -0.39 is 5.92 Å². The molecule has 0 bridgehead atoms. The van der Waals surface area contributed by atoms with Gasteiger partial charge in [-0.05, 0) is 34.0 Å². The van der Waals surface area contributed by atoms with Crippen LogP contribution in [-0.2, 0) is 19.0 Å². The number of amides is 1. The van der Waals surface area contributed by atoms with Gasteiger partial charge in [0.1, 0.15) is 11.5 Å². The first kappa shape index (κ1) is 24.1. The maximum absolute atomic E-state index is 12.9. The minimum atomic E-state index is -0.498. The molecule has 0 radical (unpaired) electrons. The van der Waals surface area contributed by atoms with Gasteiger partial charge in [0.25, 0.3) is 0 Å². The van der Waals surface area contributed by atoms with E-state index in [9.17, 15) is 4.79 Å². The molecule has 0 aromatic heterocycles. The number of nitrogens with one attached hydrogen (secondary N) is 1. The Morgan fingerprint density at radius 2 is 1.63 bits per heavy atom. The van der Waals surface area contributed by atoms with Crippen LogP contribution in [0, 0.1) is 0 Å². The van der Waals surface area contributed by atoms with E-state index in [1.165, 1.54) is 0 Å². The SMILES string of the molecule is COCCNC(=O)C(C)c1c(Br)c(OCOC)cc(OCOC)c1-c1ccccc1. The van der Waals surface area contributed by atoms with E-state index >= 15 is 0 Å². The van der Waals surface area contributed by atoms with Crippen molar-refractivity contribution in [3.63, 3.8) is 0 Å². The average molecular weight is 482 g/mol. The summed E-state index contributed by atoms with van der Waals surface area (Å²) >= 11 is 3.64. The van der Waals surface area contributed by atoms with Crippen LogP contribution in [0.1, 0.15) is 18.4 Å². The van der Waals surface area contributed by atoms with Crippen LogP contribution in [0.25, 0.3) is 11.1 Å². The van der Waals surface area contributed by atoms with Crippen molar-refractivity contribution in [2.45, 2.75) is 12.8 Å². The molecule has 1 amide bonds. The Balaban J connectivity index is 2.62. The first-order chi connectivity index (χ1) is 14.5. The highest BCUT2D eigenvalue weighted by atomic mass is 79.9. The Morgan fingerprint density at radius 3 is 2.23 bits per heavy atom. The van der Waals surface area contributed by atoms with Gasteiger partial charge >= 0.3 is 0 Å². The van der Waals surface area contributed by atoms with Crippen LogP contribution >= 0.6 is 15.9 Å². The number of halogens is 1. The van der Waals surface area contributed by atoms with E-state index in [-0.39, 0.29) is 19.5 Å². The maximum Gasteiger partial charge on any atom is 0.227 e. The molecule has 1 atom stereocenters. The zero-order valence-electron chi connectivity index (χ0n) is 17.7. The molecule has 2 rings (SSSR count). The molecule has 2 aromatic carbocycles. The fraction of sp³-hybridized carbons (Fsp3) is 0.409. The summed E-state index contributed by atoms with van der Waals surface area (Å²) in [6, 6.07) is 11.5. The van der Waals surface area contributed by atoms with Gasteiger partial charge in [0.05, 0.1) is 17.0 Å². The number of methoxy groups -OCH3 is 3. The molecule has 164 valence electrons. The van der Waals surface area contributed by atoms with Crippen LogP contribution in [0.5, 0.6) is 11.5 Å².